The van der Waals surface area contributed by atoms with Crippen molar-refractivity contribution in [2.45, 2.75) is 40.8 Å². The summed E-state index contributed by atoms with van der Waals surface area (Å²) >= 11 is 6.78. The van der Waals surface area contributed by atoms with Gasteiger partial charge in [-0.1, -0.05) is 35.9 Å². The van der Waals surface area contributed by atoms with Gasteiger partial charge in [0.2, 0.25) is 0 Å². The predicted octanol–water partition coefficient (Wildman–Crippen LogP) is 10.3. The molecule has 10 nitrogen and oxygen atoms in total. The zero-order valence-electron chi connectivity index (χ0n) is 31.1. The van der Waals surface area contributed by atoms with E-state index in [0.717, 1.165) is 44.4 Å². The quantitative estimate of drug-likeness (QED) is 0.0992. The van der Waals surface area contributed by atoms with E-state index < -0.39 is 5.97 Å². The number of anilines is 2. The van der Waals surface area contributed by atoms with Crippen molar-refractivity contribution in [3.05, 3.63) is 140 Å². The van der Waals surface area contributed by atoms with Crippen LogP contribution in [0, 0.1) is 20.8 Å². The van der Waals surface area contributed by atoms with Crippen molar-refractivity contribution < 1.29 is 24.2 Å². The van der Waals surface area contributed by atoms with Crippen LogP contribution in [0.3, 0.4) is 0 Å². The second-order valence-electron chi connectivity index (χ2n) is 13.8. The van der Waals surface area contributed by atoms with Crippen LogP contribution in [0.4, 0.5) is 11.4 Å². The first kappa shape index (κ1) is 36.3. The van der Waals surface area contributed by atoms with Crippen molar-refractivity contribution in [2.24, 2.45) is 0 Å². The molecule has 0 unspecified atom stereocenters. The number of hydrogen-bond donors (Lipinski definition) is 4. The number of aromatic nitrogens is 2. The minimum atomic E-state index is -1.06. The highest BCUT2D eigenvalue weighted by molar-refractivity contribution is 6.33. The molecule has 0 saturated carbocycles. The molecule has 6 aromatic rings. The van der Waals surface area contributed by atoms with Crippen LogP contribution in [0.25, 0.3) is 55.2 Å². The number of pyridine rings is 2. The predicted molar refractivity (Wildman–Crippen MR) is 222 cm³/mol. The molecule has 0 amide bonds. The van der Waals surface area contributed by atoms with Crippen molar-refractivity contribution in [3.63, 3.8) is 0 Å². The lowest BCUT2D eigenvalue weighted by Gasteiger charge is -2.21. The average Bonchev–Trinajstić information content (AvgIpc) is 3.17. The highest BCUT2D eigenvalue weighted by atomic mass is 35.5. The molecule has 280 valence electrons. The third-order valence-corrected chi connectivity index (χ3v) is 10.2. The van der Waals surface area contributed by atoms with Gasteiger partial charge in [-0.2, -0.15) is 0 Å². The molecule has 0 fully saturated rings. The van der Waals surface area contributed by atoms with Gasteiger partial charge in [0, 0.05) is 57.8 Å². The van der Waals surface area contributed by atoms with Crippen LogP contribution in [0.2, 0.25) is 5.02 Å². The zero-order valence-corrected chi connectivity index (χ0v) is 31.8. The second kappa shape index (κ2) is 14.5. The first-order valence-corrected chi connectivity index (χ1v) is 18.5. The zero-order chi connectivity index (χ0) is 39.2. The number of nitrogens with one attached hydrogen (secondary N) is 2. The Balaban J connectivity index is 1.32. The van der Waals surface area contributed by atoms with Crippen molar-refractivity contribution in [1.29, 1.82) is 0 Å². The van der Waals surface area contributed by atoms with Crippen molar-refractivity contribution in [1.82, 2.24) is 9.97 Å². The highest BCUT2D eigenvalue weighted by Gasteiger charge is 2.26. The standard InChI is InChI=1S/C45H37ClN4O6/c1-5-55-30-18-29-9-7-25(4)50-41(29)37(19-30)47-21-33-38(51)15-14-31-39(26-10-12-27(13-11-26)45(53)54)32-20-35(46)42(52)34(44(32)56-43(31)33)22-48-36-17-23(2)16-28-8-6-24(3)49-40(28)36/h6-20,47-48,52H,5,21-22H2,1-4H3,(H,53,54). The van der Waals surface area contributed by atoms with E-state index in [-0.39, 0.29) is 34.9 Å². The Hall–Kier alpha value is -6.65. The summed E-state index contributed by atoms with van der Waals surface area (Å²) in [4.78, 5) is 35.2. The summed E-state index contributed by atoms with van der Waals surface area (Å²) < 4.78 is 12.6. The summed E-state index contributed by atoms with van der Waals surface area (Å²) in [5.74, 6) is -0.279. The molecule has 56 heavy (non-hydrogen) atoms. The van der Waals surface area contributed by atoms with E-state index in [4.69, 9.17) is 30.7 Å². The van der Waals surface area contributed by atoms with Crippen molar-refractivity contribution in [2.75, 3.05) is 17.2 Å². The molecule has 0 radical (unpaired) electrons. The van der Waals surface area contributed by atoms with Gasteiger partial charge < -0.3 is 30.0 Å². The normalized spacial score (nSPS) is 11.4. The number of benzene rings is 5. The number of carbonyl (C=O) groups is 1. The Morgan fingerprint density at radius 1 is 0.804 bits per heavy atom. The fourth-order valence-corrected chi connectivity index (χ4v) is 7.47. The number of fused-ring (bicyclic) bond motifs is 4. The molecule has 8 rings (SSSR count). The van der Waals surface area contributed by atoms with Gasteiger partial charge in [0.05, 0.1) is 50.7 Å². The number of halogens is 1. The summed E-state index contributed by atoms with van der Waals surface area (Å²) in [5, 5.41) is 30.7. The molecular formula is C45H37ClN4O6. The monoisotopic (exact) mass is 764 g/mol. The second-order valence-corrected chi connectivity index (χ2v) is 14.2. The van der Waals surface area contributed by atoms with E-state index in [0.29, 0.717) is 62.6 Å². The molecule has 2 aromatic heterocycles. The molecule has 1 aliphatic carbocycles. The van der Waals surface area contributed by atoms with Crippen LogP contribution in [0.15, 0.2) is 100 Å². The molecule has 11 heteroatoms. The van der Waals surface area contributed by atoms with Gasteiger partial charge in [0.25, 0.3) is 0 Å². The number of nitrogens with zero attached hydrogens (tertiary/aromatic N) is 2. The molecule has 1 aliphatic heterocycles. The summed E-state index contributed by atoms with van der Waals surface area (Å²) in [5.41, 5.74) is 8.46. The molecule has 4 aromatic carbocycles. The van der Waals surface area contributed by atoms with Gasteiger partial charge in [-0.15, -0.1) is 0 Å². The number of carboxylic acid groups (broad SMARTS) is 1. The van der Waals surface area contributed by atoms with Gasteiger partial charge >= 0.3 is 5.97 Å². The van der Waals surface area contributed by atoms with Crippen LogP contribution < -0.4 is 20.8 Å². The maximum absolute atomic E-state index is 13.9. The van der Waals surface area contributed by atoms with Gasteiger partial charge in [-0.3, -0.25) is 14.8 Å². The maximum atomic E-state index is 13.9. The summed E-state index contributed by atoms with van der Waals surface area (Å²) in [6, 6.07) is 27.1. The Labute approximate surface area is 326 Å². The fraction of sp³-hybridized carbons (Fsp3) is 0.156. The number of ether oxygens (including phenoxy) is 1. The molecule has 0 spiro atoms. The van der Waals surface area contributed by atoms with Crippen LogP contribution in [0.5, 0.6) is 11.5 Å². The number of hydrogen-bond acceptors (Lipinski definition) is 9. The molecule has 0 saturated heterocycles. The topological polar surface area (TPSA) is 147 Å². The third-order valence-electron chi connectivity index (χ3n) is 9.89. The van der Waals surface area contributed by atoms with Crippen LogP contribution in [-0.4, -0.2) is 32.8 Å². The van der Waals surface area contributed by atoms with Gasteiger partial charge in [-0.05, 0) is 99.5 Å². The van der Waals surface area contributed by atoms with Gasteiger partial charge in [0.1, 0.15) is 22.8 Å². The minimum absolute atomic E-state index is 0.0658. The van der Waals surface area contributed by atoms with Gasteiger partial charge in [0.15, 0.2) is 5.43 Å². The first-order chi connectivity index (χ1) is 27.0. The molecule has 0 bridgehead atoms. The smallest absolute Gasteiger partial charge is 0.335 e. The van der Waals surface area contributed by atoms with E-state index in [2.05, 4.69) is 16.7 Å². The lowest BCUT2D eigenvalue weighted by atomic mass is 9.90. The molecular weight excluding hydrogens is 728 g/mol. The summed E-state index contributed by atoms with van der Waals surface area (Å²) in [6.45, 7) is 8.40. The Morgan fingerprint density at radius 2 is 1.45 bits per heavy atom. The summed E-state index contributed by atoms with van der Waals surface area (Å²) in [6.07, 6.45) is 0. The Kier molecular flexibility index (Phi) is 9.43. The fourth-order valence-electron chi connectivity index (χ4n) is 7.24. The number of phenols is 1. The van der Waals surface area contributed by atoms with E-state index in [9.17, 15) is 19.8 Å². The Morgan fingerprint density at radius 3 is 2.11 bits per heavy atom. The van der Waals surface area contributed by atoms with Crippen LogP contribution >= 0.6 is 11.6 Å². The lowest BCUT2D eigenvalue weighted by molar-refractivity contribution is 0.0697. The summed E-state index contributed by atoms with van der Waals surface area (Å²) in [7, 11) is 0. The maximum Gasteiger partial charge on any atom is 0.335 e. The number of carboxylic acids is 1. The van der Waals surface area contributed by atoms with Crippen LogP contribution in [-0.2, 0) is 13.1 Å². The first-order valence-electron chi connectivity index (χ1n) is 18.2. The van der Waals surface area contributed by atoms with E-state index in [1.165, 1.54) is 18.2 Å². The molecule has 0 atom stereocenters. The van der Waals surface area contributed by atoms with Crippen LogP contribution in [0.1, 0.15) is 45.4 Å². The number of aromatic carboxylic acids is 1. The molecule has 2 aliphatic rings. The lowest BCUT2D eigenvalue weighted by Crippen LogP contribution is -2.15. The number of phenolic OH excluding ortho intramolecular Hbond substituents is 1. The Bertz CT molecular complexity index is 2890. The SMILES string of the molecule is CCOc1cc(NCc2c3oc4c(CNc5cc(C)cc6ccc(C)nc56)c(O)c(Cl)cc4c(-c4ccc(C(=O)O)cc4)c-3ccc2=O)c2nc(C)ccc2c1. The number of rotatable bonds is 10. The molecule has 3 heterocycles. The average molecular weight is 765 g/mol. The molecule has 4 N–H and O–H groups in total. The van der Waals surface area contributed by atoms with E-state index in [1.807, 2.05) is 70.2 Å². The largest absolute Gasteiger partial charge is 0.506 e. The number of aromatic hydroxyl groups is 1. The van der Waals surface area contributed by atoms with Gasteiger partial charge in [-0.25, -0.2) is 4.79 Å². The third kappa shape index (κ3) is 6.69. The minimum Gasteiger partial charge on any atom is -0.506 e. The highest BCUT2D eigenvalue weighted by Crippen LogP contribution is 2.46. The van der Waals surface area contributed by atoms with Crippen molar-refractivity contribution in [3.8, 4) is 33.9 Å². The van der Waals surface area contributed by atoms with Crippen molar-refractivity contribution >= 4 is 61.7 Å². The number of aryl methyl sites for hydroxylation is 3. The van der Waals surface area contributed by atoms with E-state index >= 15 is 0 Å². The van der Waals surface area contributed by atoms with E-state index in [1.54, 1.807) is 24.3 Å².